The largest absolute Gasteiger partial charge is 0.344 e. The van der Waals surface area contributed by atoms with Crippen LogP contribution in [0.2, 0.25) is 0 Å². The average molecular weight is 198 g/mol. The second kappa shape index (κ2) is 4.55. The second-order valence-electron chi connectivity index (χ2n) is 4.21. The molecule has 14 heavy (non-hydrogen) atoms. The van der Waals surface area contributed by atoms with Gasteiger partial charge in [0.25, 0.3) is 0 Å². The van der Waals surface area contributed by atoms with Gasteiger partial charge in [0, 0.05) is 32.0 Å². The normalized spacial score (nSPS) is 24.9. The van der Waals surface area contributed by atoms with E-state index in [1.54, 1.807) is 11.9 Å². The van der Waals surface area contributed by atoms with Gasteiger partial charge in [0.2, 0.25) is 5.91 Å². The minimum absolute atomic E-state index is 0.00990. The van der Waals surface area contributed by atoms with E-state index in [9.17, 15) is 9.59 Å². The summed E-state index contributed by atoms with van der Waals surface area (Å²) in [6, 6.07) is 0. The molecule has 0 heterocycles. The summed E-state index contributed by atoms with van der Waals surface area (Å²) in [4.78, 5) is 25.8. The Morgan fingerprint density at radius 2 is 2.00 bits per heavy atom. The van der Waals surface area contributed by atoms with Gasteiger partial charge in [-0.15, -0.1) is 0 Å². The van der Waals surface area contributed by atoms with Gasteiger partial charge in [-0.05, 0) is 20.5 Å². The first-order valence-electron chi connectivity index (χ1n) is 4.91. The highest BCUT2D eigenvalue weighted by molar-refractivity contribution is 5.85. The van der Waals surface area contributed by atoms with Crippen molar-refractivity contribution in [2.24, 2.45) is 11.8 Å². The Kier molecular flexibility index (Phi) is 3.63. The summed E-state index contributed by atoms with van der Waals surface area (Å²) < 4.78 is 0. The molecule has 4 nitrogen and oxygen atoms in total. The number of likely N-dealkylation sites (N-methyl/N-ethyl adjacent to an activating group) is 2. The van der Waals surface area contributed by atoms with Crippen molar-refractivity contribution in [2.75, 3.05) is 34.2 Å². The predicted octanol–water partition coefficient (Wildman–Crippen LogP) is -0.159. The molecule has 0 N–H and O–H groups in total. The van der Waals surface area contributed by atoms with E-state index in [-0.39, 0.29) is 17.7 Å². The van der Waals surface area contributed by atoms with Crippen LogP contribution in [0.1, 0.15) is 6.42 Å². The molecule has 0 spiro atoms. The fourth-order valence-corrected chi connectivity index (χ4v) is 1.39. The van der Waals surface area contributed by atoms with E-state index < -0.39 is 0 Å². The Bertz CT molecular complexity index is 228. The summed E-state index contributed by atoms with van der Waals surface area (Å²) in [5.41, 5.74) is 0. The van der Waals surface area contributed by atoms with E-state index in [1.807, 2.05) is 19.0 Å². The summed E-state index contributed by atoms with van der Waals surface area (Å²) in [7, 11) is 5.75. The molecule has 80 valence electrons. The maximum atomic E-state index is 11.6. The summed E-state index contributed by atoms with van der Waals surface area (Å²) in [5.74, 6) is 0.0768. The van der Waals surface area contributed by atoms with Crippen LogP contribution in [0.25, 0.3) is 0 Å². The lowest BCUT2D eigenvalue weighted by Gasteiger charge is -2.19. The van der Waals surface area contributed by atoms with Gasteiger partial charge in [-0.1, -0.05) is 0 Å². The monoisotopic (exact) mass is 198 g/mol. The molecule has 0 aromatic rings. The Morgan fingerprint density at radius 1 is 1.36 bits per heavy atom. The number of aldehydes is 1. The van der Waals surface area contributed by atoms with Gasteiger partial charge in [-0.25, -0.2) is 0 Å². The van der Waals surface area contributed by atoms with Crippen molar-refractivity contribution in [3.8, 4) is 0 Å². The van der Waals surface area contributed by atoms with E-state index in [4.69, 9.17) is 0 Å². The molecule has 1 saturated carbocycles. The zero-order valence-electron chi connectivity index (χ0n) is 9.06. The Labute approximate surface area is 84.9 Å². The molecular weight excluding hydrogens is 180 g/mol. The molecule has 0 bridgehead atoms. The van der Waals surface area contributed by atoms with Gasteiger partial charge < -0.3 is 14.6 Å². The first-order valence-corrected chi connectivity index (χ1v) is 4.91. The molecule has 0 aliphatic heterocycles. The van der Waals surface area contributed by atoms with Crippen LogP contribution in [0.4, 0.5) is 0 Å². The number of rotatable bonds is 5. The third-order valence-corrected chi connectivity index (χ3v) is 2.59. The van der Waals surface area contributed by atoms with Crippen LogP contribution in [0.3, 0.4) is 0 Å². The van der Waals surface area contributed by atoms with Crippen LogP contribution in [-0.2, 0) is 9.59 Å². The zero-order valence-corrected chi connectivity index (χ0v) is 9.06. The molecule has 1 aliphatic carbocycles. The van der Waals surface area contributed by atoms with Crippen LogP contribution >= 0.6 is 0 Å². The van der Waals surface area contributed by atoms with Crippen molar-refractivity contribution in [3.63, 3.8) is 0 Å². The third-order valence-electron chi connectivity index (χ3n) is 2.59. The van der Waals surface area contributed by atoms with Crippen LogP contribution in [0, 0.1) is 11.8 Å². The minimum Gasteiger partial charge on any atom is -0.344 e. The minimum atomic E-state index is -0.0281. The van der Waals surface area contributed by atoms with Gasteiger partial charge in [-0.2, -0.15) is 0 Å². The lowest BCUT2D eigenvalue weighted by molar-refractivity contribution is -0.132. The number of nitrogens with zero attached hydrogens (tertiary/aromatic N) is 2. The molecule has 0 aromatic carbocycles. The highest BCUT2D eigenvalue weighted by atomic mass is 16.2. The predicted molar refractivity (Wildman–Crippen MR) is 53.9 cm³/mol. The lowest BCUT2D eigenvalue weighted by atomic mass is 10.3. The standard InChI is InChI=1S/C10H18N2O2/c1-11(2)4-5-12(3)10(14)9-6-8(9)7-13/h7-9H,4-6H2,1-3H3. The van der Waals surface area contributed by atoms with Crippen molar-refractivity contribution >= 4 is 12.2 Å². The molecule has 1 aliphatic rings. The van der Waals surface area contributed by atoms with Gasteiger partial charge in [-0.3, -0.25) is 4.79 Å². The maximum absolute atomic E-state index is 11.6. The molecule has 2 unspecified atom stereocenters. The Hall–Kier alpha value is -0.900. The topological polar surface area (TPSA) is 40.6 Å². The molecule has 1 amide bonds. The van der Waals surface area contributed by atoms with Crippen LogP contribution < -0.4 is 0 Å². The first-order chi connectivity index (χ1) is 6.56. The number of hydrogen-bond donors (Lipinski definition) is 0. The van der Waals surface area contributed by atoms with E-state index in [0.717, 1.165) is 25.8 Å². The first kappa shape index (κ1) is 11.2. The second-order valence-corrected chi connectivity index (χ2v) is 4.21. The zero-order chi connectivity index (χ0) is 10.7. The van der Waals surface area contributed by atoms with Gasteiger partial charge in [0.05, 0.1) is 0 Å². The fraction of sp³-hybridized carbons (Fsp3) is 0.800. The van der Waals surface area contributed by atoms with E-state index in [2.05, 4.69) is 0 Å². The highest BCUT2D eigenvalue weighted by Crippen LogP contribution is 2.37. The van der Waals surface area contributed by atoms with Crippen molar-refractivity contribution in [1.29, 1.82) is 0 Å². The van der Waals surface area contributed by atoms with Gasteiger partial charge >= 0.3 is 0 Å². The quantitative estimate of drug-likeness (QED) is 0.576. The molecule has 0 saturated heterocycles. The Morgan fingerprint density at radius 3 is 2.43 bits per heavy atom. The van der Waals surface area contributed by atoms with Crippen molar-refractivity contribution in [3.05, 3.63) is 0 Å². The fourth-order valence-electron chi connectivity index (χ4n) is 1.39. The molecule has 2 atom stereocenters. The molecule has 1 rings (SSSR count). The van der Waals surface area contributed by atoms with Crippen LogP contribution in [0.15, 0.2) is 0 Å². The van der Waals surface area contributed by atoms with Gasteiger partial charge in [0.1, 0.15) is 6.29 Å². The van der Waals surface area contributed by atoms with E-state index >= 15 is 0 Å². The molecule has 0 radical (unpaired) electrons. The summed E-state index contributed by atoms with van der Waals surface area (Å²) in [5, 5.41) is 0. The van der Waals surface area contributed by atoms with Crippen LogP contribution in [-0.4, -0.2) is 56.2 Å². The maximum Gasteiger partial charge on any atom is 0.226 e. The van der Waals surface area contributed by atoms with Crippen molar-refractivity contribution in [1.82, 2.24) is 9.80 Å². The van der Waals surface area contributed by atoms with Crippen molar-refractivity contribution < 1.29 is 9.59 Å². The summed E-state index contributed by atoms with van der Waals surface area (Å²) in [6.45, 7) is 1.59. The van der Waals surface area contributed by atoms with E-state index in [1.165, 1.54) is 0 Å². The average Bonchev–Trinajstić information content (AvgIpc) is 2.91. The van der Waals surface area contributed by atoms with E-state index in [0.29, 0.717) is 0 Å². The summed E-state index contributed by atoms with van der Waals surface area (Å²) in [6.07, 6.45) is 1.64. The third kappa shape index (κ3) is 2.80. The lowest BCUT2D eigenvalue weighted by Crippen LogP contribution is -2.34. The molecule has 1 fully saturated rings. The molecule has 0 aromatic heterocycles. The number of hydrogen-bond acceptors (Lipinski definition) is 3. The number of amides is 1. The highest BCUT2D eigenvalue weighted by Gasteiger charge is 2.43. The smallest absolute Gasteiger partial charge is 0.226 e. The molecular formula is C10H18N2O2. The number of carbonyl (C=O) groups excluding carboxylic acids is 2. The van der Waals surface area contributed by atoms with Crippen LogP contribution in [0.5, 0.6) is 0 Å². The van der Waals surface area contributed by atoms with Crippen molar-refractivity contribution in [2.45, 2.75) is 6.42 Å². The molecule has 4 heteroatoms. The number of carbonyl (C=O) groups is 2. The summed E-state index contributed by atoms with van der Waals surface area (Å²) >= 11 is 0. The SMILES string of the molecule is CN(C)CCN(C)C(=O)C1CC1C=O. The van der Waals surface area contributed by atoms with Gasteiger partial charge in [0.15, 0.2) is 0 Å². The Balaban J connectivity index is 2.27.